The number of fused-ring (bicyclic) bond motifs is 1. The van der Waals surface area contributed by atoms with Gasteiger partial charge in [-0.25, -0.2) is 14.6 Å². The average Bonchev–Trinajstić information content (AvgIpc) is 2.83. The van der Waals surface area contributed by atoms with Gasteiger partial charge in [0.05, 0.1) is 12.6 Å². The zero-order valence-electron chi connectivity index (χ0n) is 19.6. The van der Waals surface area contributed by atoms with Gasteiger partial charge in [-0.1, -0.05) is 68.9 Å². The van der Waals surface area contributed by atoms with Crippen molar-refractivity contribution in [3.63, 3.8) is 0 Å². The lowest BCUT2D eigenvalue weighted by molar-refractivity contribution is -0.0260. The van der Waals surface area contributed by atoms with Crippen molar-refractivity contribution in [1.82, 2.24) is 10.4 Å². The van der Waals surface area contributed by atoms with E-state index < -0.39 is 7.82 Å². The van der Waals surface area contributed by atoms with Crippen LogP contribution in [0.25, 0.3) is 10.8 Å². The van der Waals surface area contributed by atoms with E-state index in [1.165, 1.54) is 17.9 Å². The first kappa shape index (κ1) is 25.0. The van der Waals surface area contributed by atoms with Crippen molar-refractivity contribution in [2.24, 2.45) is 4.99 Å². The topological polar surface area (TPSA) is 104 Å². The number of nitrogens with zero attached hydrogens (tertiary/aromatic N) is 2. The van der Waals surface area contributed by atoms with E-state index in [2.05, 4.69) is 5.32 Å². The highest BCUT2D eigenvalue weighted by atomic mass is 31.2. The highest BCUT2D eigenvalue weighted by Gasteiger charge is 2.27. The molecular weight excluding hydrogens is 453 g/mol. The third-order valence-electron chi connectivity index (χ3n) is 6.54. The summed E-state index contributed by atoms with van der Waals surface area (Å²) >= 11 is 0. The smallest absolute Gasteiger partial charge is 0.491 e. The molecule has 0 aromatic heterocycles. The fraction of sp³-hybridized carbons (Fsp3) is 0.560. The van der Waals surface area contributed by atoms with Crippen LogP contribution in [0.3, 0.4) is 0 Å². The maximum atomic E-state index is 11.8. The molecule has 0 aliphatic heterocycles. The Balaban J connectivity index is 1.48. The van der Waals surface area contributed by atoms with E-state index in [1.807, 2.05) is 42.5 Å². The first-order valence-electron chi connectivity index (χ1n) is 12.4. The van der Waals surface area contributed by atoms with Gasteiger partial charge in [-0.3, -0.25) is 0 Å². The molecule has 2 fully saturated rings. The zero-order chi connectivity index (χ0) is 23.8. The molecule has 2 saturated carbocycles. The van der Waals surface area contributed by atoms with Gasteiger partial charge in [0.25, 0.3) is 0 Å². The van der Waals surface area contributed by atoms with E-state index in [4.69, 9.17) is 14.4 Å². The van der Waals surface area contributed by atoms with Gasteiger partial charge in [0, 0.05) is 6.04 Å². The van der Waals surface area contributed by atoms with Crippen LogP contribution in [0.1, 0.15) is 64.2 Å². The molecule has 0 bridgehead atoms. The minimum atomic E-state index is -4.78. The molecule has 0 spiro atoms. The number of nitrogens with one attached hydrogen (secondary N) is 1. The molecule has 0 heterocycles. The molecule has 9 heteroatoms. The van der Waals surface area contributed by atoms with Crippen molar-refractivity contribution in [2.75, 3.05) is 13.2 Å². The molecule has 0 unspecified atom stereocenters. The molecule has 3 N–H and O–H groups in total. The predicted molar refractivity (Wildman–Crippen MR) is 134 cm³/mol. The Bertz CT molecular complexity index is 999. The summed E-state index contributed by atoms with van der Waals surface area (Å²) in [5, 5.41) is 6.86. The molecule has 8 nitrogen and oxygen atoms in total. The van der Waals surface area contributed by atoms with Crippen LogP contribution < -0.4 is 10.1 Å². The fourth-order valence-electron chi connectivity index (χ4n) is 4.80. The van der Waals surface area contributed by atoms with Crippen LogP contribution in [0.4, 0.5) is 0 Å². The van der Waals surface area contributed by atoms with E-state index in [0.29, 0.717) is 11.7 Å². The van der Waals surface area contributed by atoms with E-state index in [1.54, 1.807) is 0 Å². The van der Waals surface area contributed by atoms with Gasteiger partial charge in [0.1, 0.15) is 12.4 Å². The lowest BCUT2D eigenvalue weighted by Gasteiger charge is -2.32. The number of benzene rings is 2. The summed E-state index contributed by atoms with van der Waals surface area (Å²) in [5.41, 5.74) is 0. The van der Waals surface area contributed by atoms with Crippen LogP contribution in [0.5, 0.6) is 5.75 Å². The molecular formula is C25H36N3O5P. The van der Waals surface area contributed by atoms with Crippen LogP contribution in [-0.4, -0.2) is 46.0 Å². The first-order chi connectivity index (χ1) is 16.5. The standard InChI is InChI=1S/C25H36N3O5P/c29-34(30,31)33-28(17-18-32-24-16-15-20-9-7-8-10-21(20)19-24)25(26-22-11-3-1-4-12-22)27-23-13-5-2-6-14-23/h7-10,15-16,19,22-23H,1-6,11-14,17-18H2,(H,26,27)(H2,29,30,31). The summed E-state index contributed by atoms with van der Waals surface area (Å²) in [4.78, 5) is 24.1. The van der Waals surface area contributed by atoms with Crippen LogP contribution in [0.15, 0.2) is 47.5 Å². The highest BCUT2D eigenvalue weighted by Crippen LogP contribution is 2.37. The fourth-order valence-corrected chi connectivity index (χ4v) is 5.22. The van der Waals surface area contributed by atoms with Gasteiger partial charge in [0.2, 0.25) is 5.96 Å². The van der Waals surface area contributed by atoms with Crippen molar-refractivity contribution >= 4 is 24.6 Å². The minimum Gasteiger partial charge on any atom is -0.492 e. The monoisotopic (exact) mass is 489 g/mol. The van der Waals surface area contributed by atoms with Crippen molar-refractivity contribution in [3.05, 3.63) is 42.5 Å². The highest BCUT2D eigenvalue weighted by molar-refractivity contribution is 7.46. The van der Waals surface area contributed by atoms with E-state index in [9.17, 15) is 14.4 Å². The molecule has 186 valence electrons. The lowest BCUT2D eigenvalue weighted by Crippen LogP contribution is -2.48. The molecule has 2 aliphatic rings. The van der Waals surface area contributed by atoms with E-state index >= 15 is 0 Å². The molecule has 4 rings (SSSR count). The zero-order valence-corrected chi connectivity index (χ0v) is 20.5. The predicted octanol–water partition coefficient (Wildman–Crippen LogP) is 5.16. The molecule has 2 aromatic carbocycles. The van der Waals surface area contributed by atoms with Gasteiger partial charge in [-0.2, -0.15) is 4.62 Å². The molecule has 0 amide bonds. The third-order valence-corrected chi connectivity index (χ3v) is 6.95. The van der Waals surface area contributed by atoms with E-state index in [-0.39, 0.29) is 25.2 Å². The third kappa shape index (κ3) is 7.70. The van der Waals surface area contributed by atoms with Crippen molar-refractivity contribution < 1.29 is 23.7 Å². The van der Waals surface area contributed by atoms with Crippen LogP contribution in [0, 0.1) is 0 Å². The second kappa shape index (κ2) is 12.0. The number of guanidine groups is 1. The Morgan fingerprint density at radius 3 is 2.35 bits per heavy atom. The van der Waals surface area contributed by atoms with Gasteiger partial charge < -0.3 is 19.8 Å². The van der Waals surface area contributed by atoms with Crippen molar-refractivity contribution in [2.45, 2.75) is 76.3 Å². The largest absolute Gasteiger partial charge is 0.492 e. The number of hydrogen-bond acceptors (Lipinski definition) is 4. The lowest BCUT2D eigenvalue weighted by atomic mass is 9.95. The average molecular weight is 490 g/mol. The van der Waals surface area contributed by atoms with Crippen LogP contribution in [-0.2, 0) is 9.19 Å². The molecule has 0 atom stereocenters. The van der Waals surface area contributed by atoms with Crippen LogP contribution in [0.2, 0.25) is 0 Å². The molecule has 0 saturated heterocycles. The van der Waals surface area contributed by atoms with Gasteiger partial charge in [0.15, 0.2) is 0 Å². The number of aliphatic imine (C=N–C) groups is 1. The van der Waals surface area contributed by atoms with Gasteiger partial charge in [-0.05, 0) is 48.6 Å². The van der Waals surface area contributed by atoms with Crippen molar-refractivity contribution in [1.29, 1.82) is 0 Å². The number of phosphoric acid groups is 1. The number of hydrogen-bond donors (Lipinski definition) is 3. The Kier molecular flexibility index (Phi) is 8.84. The number of hydroxylamine groups is 2. The summed E-state index contributed by atoms with van der Waals surface area (Å²) in [6, 6.07) is 14.2. The summed E-state index contributed by atoms with van der Waals surface area (Å²) in [6.07, 6.45) is 10.9. The normalized spacial score (nSPS) is 18.7. The summed E-state index contributed by atoms with van der Waals surface area (Å²) < 4.78 is 22.9. The Labute approximate surface area is 201 Å². The second-order valence-corrected chi connectivity index (χ2v) is 10.4. The molecule has 0 radical (unpaired) electrons. The maximum Gasteiger partial charge on any atom is 0.491 e. The minimum absolute atomic E-state index is 0.128. The first-order valence-corrected chi connectivity index (χ1v) is 14.0. The Hall–Kier alpha value is -2.12. The number of rotatable bonds is 8. The summed E-state index contributed by atoms with van der Waals surface area (Å²) in [6.45, 7) is 0.317. The van der Waals surface area contributed by atoms with Crippen LogP contribution >= 0.6 is 7.82 Å². The SMILES string of the molecule is O=P(O)(O)ON(CCOc1ccc2ccccc2c1)C(=NC1CCCCC1)NC1CCCCC1. The van der Waals surface area contributed by atoms with Gasteiger partial charge in [-0.15, -0.1) is 0 Å². The number of ether oxygens (including phenoxy) is 1. The molecule has 34 heavy (non-hydrogen) atoms. The molecule has 2 aliphatic carbocycles. The molecule has 2 aromatic rings. The second-order valence-electron chi connectivity index (χ2n) is 9.26. The maximum absolute atomic E-state index is 11.8. The summed E-state index contributed by atoms with van der Waals surface area (Å²) in [7, 11) is -4.78. The Morgan fingerprint density at radius 2 is 1.65 bits per heavy atom. The van der Waals surface area contributed by atoms with Gasteiger partial charge >= 0.3 is 7.82 Å². The quantitative estimate of drug-likeness (QED) is 0.204. The van der Waals surface area contributed by atoms with E-state index in [0.717, 1.165) is 62.1 Å². The summed E-state index contributed by atoms with van der Waals surface area (Å²) in [5.74, 6) is 1.10. The Morgan fingerprint density at radius 1 is 0.971 bits per heavy atom. The van der Waals surface area contributed by atoms with Crippen molar-refractivity contribution in [3.8, 4) is 5.75 Å².